The third-order valence-electron chi connectivity index (χ3n) is 2.94. The SMILES string of the molecule is COc1ccc(C=CC(=O)c2ccc(C)cc2)cc1F. The number of benzene rings is 2. The van der Waals surface area contributed by atoms with Crippen molar-refractivity contribution < 1.29 is 13.9 Å². The second kappa shape index (κ2) is 6.15. The molecule has 0 radical (unpaired) electrons. The summed E-state index contributed by atoms with van der Waals surface area (Å²) in [6.45, 7) is 1.96. The van der Waals surface area contributed by atoms with Crippen molar-refractivity contribution in [1.82, 2.24) is 0 Å². The molecule has 2 aromatic rings. The van der Waals surface area contributed by atoms with E-state index in [1.165, 1.54) is 25.3 Å². The summed E-state index contributed by atoms with van der Waals surface area (Å²) < 4.78 is 18.3. The minimum absolute atomic E-state index is 0.110. The Hall–Kier alpha value is -2.42. The molecule has 2 nitrogen and oxygen atoms in total. The maximum absolute atomic E-state index is 13.5. The largest absolute Gasteiger partial charge is 0.494 e. The minimum Gasteiger partial charge on any atom is -0.494 e. The lowest BCUT2D eigenvalue weighted by molar-refractivity contribution is 0.104. The summed E-state index contributed by atoms with van der Waals surface area (Å²) in [6.07, 6.45) is 3.02. The number of allylic oxidation sites excluding steroid dienone is 1. The van der Waals surface area contributed by atoms with Crippen LogP contribution in [0.5, 0.6) is 5.75 Å². The van der Waals surface area contributed by atoms with E-state index < -0.39 is 5.82 Å². The highest BCUT2D eigenvalue weighted by atomic mass is 19.1. The summed E-state index contributed by atoms with van der Waals surface area (Å²) in [5.41, 5.74) is 2.33. The van der Waals surface area contributed by atoms with Gasteiger partial charge in [-0.3, -0.25) is 4.79 Å². The number of ether oxygens (including phenoxy) is 1. The van der Waals surface area contributed by atoms with Gasteiger partial charge in [0.05, 0.1) is 7.11 Å². The average molecular weight is 270 g/mol. The monoisotopic (exact) mass is 270 g/mol. The zero-order chi connectivity index (χ0) is 14.5. The standard InChI is InChI=1S/C17H15FO2/c1-12-3-7-14(8-4-12)16(19)9-5-13-6-10-17(20-2)15(18)11-13/h3-11H,1-2H3. The van der Waals surface area contributed by atoms with Gasteiger partial charge in [0.25, 0.3) is 0 Å². The van der Waals surface area contributed by atoms with Gasteiger partial charge < -0.3 is 4.74 Å². The normalized spacial score (nSPS) is 10.8. The molecule has 0 aliphatic rings. The lowest BCUT2D eigenvalue weighted by atomic mass is 10.1. The van der Waals surface area contributed by atoms with Gasteiger partial charge in [0.15, 0.2) is 17.3 Å². The van der Waals surface area contributed by atoms with Crippen LogP contribution < -0.4 is 4.74 Å². The Morgan fingerprint density at radius 1 is 1.15 bits per heavy atom. The topological polar surface area (TPSA) is 26.3 Å². The van der Waals surface area contributed by atoms with Gasteiger partial charge in [-0.25, -0.2) is 4.39 Å². The molecule has 0 spiro atoms. The van der Waals surface area contributed by atoms with E-state index in [4.69, 9.17) is 4.74 Å². The minimum atomic E-state index is -0.447. The highest BCUT2D eigenvalue weighted by Crippen LogP contribution is 2.18. The van der Waals surface area contributed by atoms with Gasteiger partial charge in [-0.15, -0.1) is 0 Å². The van der Waals surface area contributed by atoms with Crippen molar-refractivity contribution in [2.75, 3.05) is 7.11 Å². The van der Waals surface area contributed by atoms with E-state index in [1.807, 2.05) is 19.1 Å². The molecule has 0 fully saturated rings. The predicted octanol–water partition coefficient (Wildman–Crippen LogP) is 4.04. The second-order valence-corrected chi connectivity index (χ2v) is 4.46. The van der Waals surface area contributed by atoms with Crippen LogP contribution in [0.1, 0.15) is 21.5 Å². The Bertz CT molecular complexity index is 643. The third-order valence-corrected chi connectivity index (χ3v) is 2.94. The molecule has 0 saturated heterocycles. The maximum Gasteiger partial charge on any atom is 0.185 e. The number of carbonyl (C=O) groups excluding carboxylic acids is 1. The number of hydrogen-bond donors (Lipinski definition) is 0. The molecule has 0 aromatic heterocycles. The first-order valence-electron chi connectivity index (χ1n) is 6.23. The Labute approximate surface area is 117 Å². The van der Waals surface area contributed by atoms with E-state index in [9.17, 15) is 9.18 Å². The van der Waals surface area contributed by atoms with Crippen LogP contribution in [0, 0.1) is 12.7 Å². The molecule has 0 aliphatic carbocycles. The van der Waals surface area contributed by atoms with E-state index >= 15 is 0 Å². The smallest absolute Gasteiger partial charge is 0.185 e. The van der Waals surface area contributed by atoms with Crippen molar-refractivity contribution in [2.45, 2.75) is 6.92 Å². The van der Waals surface area contributed by atoms with Crippen LogP contribution in [-0.4, -0.2) is 12.9 Å². The van der Waals surface area contributed by atoms with Crippen LogP contribution in [0.15, 0.2) is 48.5 Å². The molecule has 3 heteroatoms. The number of methoxy groups -OCH3 is 1. The first-order chi connectivity index (χ1) is 9.60. The highest BCUT2D eigenvalue weighted by Gasteiger charge is 2.03. The summed E-state index contributed by atoms with van der Waals surface area (Å²) in [5.74, 6) is -0.370. The van der Waals surface area contributed by atoms with Crippen LogP contribution >= 0.6 is 0 Å². The summed E-state index contributed by atoms with van der Waals surface area (Å²) >= 11 is 0. The van der Waals surface area contributed by atoms with Crippen molar-refractivity contribution in [3.63, 3.8) is 0 Å². The fourth-order valence-electron chi connectivity index (χ4n) is 1.77. The Kier molecular flexibility index (Phi) is 4.31. The second-order valence-electron chi connectivity index (χ2n) is 4.46. The number of ketones is 1. The van der Waals surface area contributed by atoms with E-state index in [-0.39, 0.29) is 11.5 Å². The molecular weight excluding hydrogens is 255 g/mol. The maximum atomic E-state index is 13.5. The molecule has 0 atom stereocenters. The molecule has 0 amide bonds. The zero-order valence-electron chi connectivity index (χ0n) is 11.4. The van der Waals surface area contributed by atoms with E-state index in [0.717, 1.165) is 5.56 Å². The van der Waals surface area contributed by atoms with Crippen molar-refractivity contribution in [1.29, 1.82) is 0 Å². The average Bonchev–Trinajstić information content (AvgIpc) is 2.45. The van der Waals surface area contributed by atoms with Gasteiger partial charge in [0.2, 0.25) is 0 Å². The Morgan fingerprint density at radius 2 is 1.85 bits per heavy atom. The van der Waals surface area contributed by atoms with E-state index in [2.05, 4.69) is 0 Å². The van der Waals surface area contributed by atoms with Gasteiger partial charge in [0.1, 0.15) is 0 Å². The van der Waals surface area contributed by atoms with Crippen LogP contribution in [-0.2, 0) is 0 Å². The first kappa shape index (κ1) is 14.0. The van der Waals surface area contributed by atoms with Crippen LogP contribution in [0.25, 0.3) is 6.08 Å². The Morgan fingerprint density at radius 3 is 2.45 bits per heavy atom. The van der Waals surface area contributed by atoms with Crippen molar-refractivity contribution in [3.8, 4) is 5.75 Å². The lowest BCUT2D eigenvalue weighted by Gasteiger charge is -2.02. The van der Waals surface area contributed by atoms with Crippen molar-refractivity contribution >= 4 is 11.9 Å². The summed E-state index contributed by atoms with van der Waals surface area (Å²) in [7, 11) is 1.41. The number of aryl methyl sites for hydroxylation is 1. The number of hydrogen-bond acceptors (Lipinski definition) is 2. The van der Waals surface area contributed by atoms with E-state index in [1.54, 1.807) is 24.3 Å². The molecule has 0 saturated carbocycles. The Balaban J connectivity index is 2.14. The van der Waals surface area contributed by atoms with E-state index in [0.29, 0.717) is 11.1 Å². The van der Waals surface area contributed by atoms with Gasteiger partial charge in [-0.05, 0) is 30.7 Å². The fraction of sp³-hybridized carbons (Fsp3) is 0.118. The molecule has 0 aliphatic heterocycles. The molecule has 20 heavy (non-hydrogen) atoms. The predicted molar refractivity (Wildman–Crippen MR) is 77.5 cm³/mol. The van der Waals surface area contributed by atoms with Gasteiger partial charge in [0, 0.05) is 5.56 Å². The number of halogens is 1. The van der Waals surface area contributed by atoms with Crippen molar-refractivity contribution in [2.24, 2.45) is 0 Å². The van der Waals surface area contributed by atoms with Gasteiger partial charge >= 0.3 is 0 Å². The summed E-state index contributed by atoms with van der Waals surface area (Å²) in [5, 5.41) is 0. The molecule has 0 heterocycles. The zero-order valence-corrected chi connectivity index (χ0v) is 11.4. The molecule has 2 aromatic carbocycles. The van der Waals surface area contributed by atoms with Crippen LogP contribution in [0.2, 0.25) is 0 Å². The van der Waals surface area contributed by atoms with Gasteiger partial charge in [-0.2, -0.15) is 0 Å². The van der Waals surface area contributed by atoms with Gasteiger partial charge in [-0.1, -0.05) is 42.0 Å². The number of carbonyl (C=O) groups is 1. The first-order valence-corrected chi connectivity index (χ1v) is 6.23. The third kappa shape index (κ3) is 3.32. The summed E-state index contributed by atoms with van der Waals surface area (Å²) in [6, 6.07) is 11.9. The quantitative estimate of drug-likeness (QED) is 0.619. The van der Waals surface area contributed by atoms with Crippen molar-refractivity contribution in [3.05, 3.63) is 71.0 Å². The lowest BCUT2D eigenvalue weighted by Crippen LogP contribution is -1.94. The molecule has 2 rings (SSSR count). The fourth-order valence-corrected chi connectivity index (χ4v) is 1.77. The van der Waals surface area contributed by atoms with Crippen LogP contribution in [0.3, 0.4) is 0 Å². The van der Waals surface area contributed by atoms with Crippen LogP contribution in [0.4, 0.5) is 4.39 Å². The summed E-state index contributed by atoms with van der Waals surface area (Å²) in [4.78, 5) is 11.9. The molecular formula is C17H15FO2. The molecule has 0 bridgehead atoms. The highest BCUT2D eigenvalue weighted by molar-refractivity contribution is 6.06. The number of rotatable bonds is 4. The molecule has 102 valence electrons. The molecule has 0 N–H and O–H groups in total. The molecule has 0 unspecified atom stereocenters.